The minimum atomic E-state index is 0.0133. The Balaban J connectivity index is 3.44. The van der Waals surface area contributed by atoms with Crippen LogP contribution in [0.15, 0.2) is 0 Å². The fourth-order valence-electron chi connectivity index (χ4n) is 2.98. The number of rotatable bonds is 18. The van der Waals surface area contributed by atoms with E-state index in [2.05, 4.69) is 38.3 Å². The van der Waals surface area contributed by atoms with E-state index in [9.17, 15) is 4.79 Å². The third-order valence-corrected chi connectivity index (χ3v) is 7.00. The van der Waals surface area contributed by atoms with Gasteiger partial charge in [-0.3, -0.25) is 0 Å². The van der Waals surface area contributed by atoms with E-state index in [-0.39, 0.29) is 12.1 Å². The summed E-state index contributed by atoms with van der Waals surface area (Å²) in [6.45, 7) is 9.73. The quantitative estimate of drug-likeness (QED) is 0.238. The molecule has 0 fully saturated rings. The number of hydrogen-bond donors (Lipinski definition) is 2. The Kier molecular flexibility index (Phi) is 19.4. The summed E-state index contributed by atoms with van der Waals surface area (Å²) in [6, 6.07) is 0.277. The van der Waals surface area contributed by atoms with Crippen LogP contribution in [0.3, 0.4) is 0 Å². The summed E-state index contributed by atoms with van der Waals surface area (Å²) in [6.07, 6.45) is 15.9. The molecule has 0 saturated heterocycles. The van der Waals surface area contributed by atoms with Gasteiger partial charge in [0.1, 0.15) is 0 Å². The summed E-state index contributed by atoms with van der Waals surface area (Å²) in [5.41, 5.74) is 0. The first-order valence-electron chi connectivity index (χ1n) is 11.2. The van der Waals surface area contributed by atoms with E-state index in [1.165, 1.54) is 81.2 Å². The van der Waals surface area contributed by atoms with Crippen molar-refractivity contribution in [1.82, 2.24) is 10.6 Å². The predicted octanol–water partition coefficient (Wildman–Crippen LogP) is 6.95. The fourth-order valence-corrected chi connectivity index (χ4v) is 4.59. The molecule has 0 radical (unpaired) electrons. The first-order chi connectivity index (χ1) is 12.6. The van der Waals surface area contributed by atoms with Crippen LogP contribution in [0.1, 0.15) is 105 Å². The summed E-state index contributed by atoms with van der Waals surface area (Å²) in [4.78, 5) is 12.0. The Morgan fingerprint density at radius 2 is 1.38 bits per heavy atom. The van der Waals surface area contributed by atoms with Crippen LogP contribution in [-0.2, 0) is 15.2 Å². The first kappa shape index (κ1) is 25.8. The van der Waals surface area contributed by atoms with Crippen molar-refractivity contribution in [3.8, 4) is 0 Å². The zero-order valence-electron chi connectivity index (χ0n) is 18.1. The normalized spacial score (nSPS) is 13.4. The van der Waals surface area contributed by atoms with E-state index in [1.54, 1.807) is 0 Å². The van der Waals surface area contributed by atoms with E-state index in [1.807, 2.05) is 0 Å². The molecule has 0 aliphatic heterocycles. The van der Waals surface area contributed by atoms with Crippen molar-refractivity contribution in [2.24, 2.45) is 5.92 Å². The average molecular weight is 407 g/mol. The number of carbonyl (C=O) groups is 1. The Morgan fingerprint density at radius 3 is 1.96 bits per heavy atom. The molecular formula is C22H46CrN2O. The molecule has 0 spiro atoms. The standard InChI is InChI=1S/C19H39N2O.C3H7.Cr/c1-5-7-8-9-10-11-12-13-14-15-16-20-19(22)21-18(4)17(3)6-2;1-3-2;/h17-18H,2,5-16H2,1,3-4H3,(H2,20,21,22);1,3H2,2H3;. The van der Waals surface area contributed by atoms with Crippen LogP contribution in [0.5, 0.6) is 0 Å². The topological polar surface area (TPSA) is 41.1 Å². The van der Waals surface area contributed by atoms with Gasteiger partial charge in [-0.05, 0) is 0 Å². The molecule has 0 aliphatic rings. The van der Waals surface area contributed by atoms with E-state index in [0.29, 0.717) is 5.92 Å². The van der Waals surface area contributed by atoms with Gasteiger partial charge >= 0.3 is 125 Å². The molecule has 2 atom stereocenters. The number of amides is 2. The molecular weight excluding hydrogens is 360 g/mol. The molecule has 0 rings (SSSR count). The summed E-state index contributed by atoms with van der Waals surface area (Å²) in [5, 5.41) is 8.87. The molecule has 2 N–H and O–H groups in total. The van der Waals surface area contributed by atoms with Crippen LogP contribution in [0.2, 0.25) is 10.6 Å². The second-order valence-electron chi connectivity index (χ2n) is 7.75. The van der Waals surface area contributed by atoms with E-state index in [4.69, 9.17) is 0 Å². The molecule has 0 heterocycles. The van der Waals surface area contributed by atoms with Gasteiger partial charge in [-0.15, -0.1) is 0 Å². The third kappa shape index (κ3) is 17.2. The van der Waals surface area contributed by atoms with Gasteiger partial charge in [0.05, 0.1) is 0 Å². The maximum absolute atomic E-state index is 12.0. The summed E-state index contributed by atoms with van der Waals surface area (Å²) < 4.78 is 0. The monoisotopic (exact) mass is 406 g/mol. The SMILES string of the molecule is CCCCCCCCCCCCNC(=O)NC(C)C(C)C[CH2][Cr][CH2]CC. The molecule has 0 aliphatic carbocycles. The van der Waals surface area contributed by atoms with E-state index < -0.39 is 0 Å². The summed E-state index contributed by atoms with van der Waals surface area (Å²) >= 11 is 0.792. The van der Waals surface area contributed by atoms with E-state index >= 15 is 0 Å². The molecule has 0 aromatic heterocycles. The Hall–Kier alpha value is -0.198. The van der Waals surface area contributed by atoms with Gasteiger partial charge in [0.25, 0.3) is 0 Å². The Morgan fingerprint density at radius 1 is 0.808 bits per heavy atom. The van der Waals surface area contributed by atoms with Gasteiger partial charge in [0.2, 0.25) is 0 Å². The summed E-state index contributed by atoms with van der Waals surface area (Å²) in [7, 11) is 0. The minimum absolute atomic E-state index is 0.0133. The average Bonchev–Trinajstić information content (AvgIpc) is 2.63. The van der Waals surface area contributed by atoms with Crippen LogP contribution in [0.4, 0.5) is 4.79 Å². The Bertz CT molecular complexity index is 313. The van der Waals surface area contributed by atoms with Gasteiger partial charge in [0, 0.05) is 0 Å². The number of unbranched alkanes of at least 4 members (excludes halogenated alkanes) is 9. The van der Waals surface area contributed by atoms with E-state index in [0.717, 1.165) is 28.2 Å². The molecule has 156 valence electrons. The zero-order chi connectivity index (χ0) is 19.5. The maximum atomic E-state index is 12.0. The predicted molar refractivity (Wildman–Crippen MR) is 112 cm³/mol. The Labute approximate surface area is 170 Å². The van der Waals surface area contributed by atoms with Crippen molar-refractivity contribution < 1.29 is 20.0 Å². The zero-order valence-corrected chi connectivity index (χ0v) is 19.4. The van der Waals surface area contributed by atoms with Gasteiger partial charge in [-0.1, -0.05) is 45.4 Å². The van der Waals surface area contributed by atoms with Gasteiger partial charge < -0.3 is 0 Å². The van der Waals surface area contributed by atoms with Crippen LogP contribution in [0, 0.1) is 5.92 Å². The molecule has 0 aromatic rings. The van der Waals surface area contributed by atoms with Crippen molar-refractivity contribution in [2.45, 2.75) is 121 Å². The van der Waals surface area contributed by atoms with Gasteiger partial charge in [-0.2, -0.15) is 0 Å². The summed E-state index contributed by atoms with van der Waals surface area (Å²) in [5.74, 6) is 0.566. The van der Waals surface area contributed by atoms with Crippen LogP contribution in [0.25, 0.3) is 0 Å². The number of nitrogens with one attached hydrogen (secondary N) is 2. The molecule has 0 bridgehead atoms. The molecule has 3 nitrogen and oxygen atoms in total. The fraction of sp³-hybridized carbons (Fsp3) is 0.955. The van der Waals surface area contributed by atoms with Crippen molar-refractivity contribution in [3.63, 3.8) is 0 Å². The molecule has 4 heteroatoms. The van der Waals surface area contributed by atoms with Crippen molar-refractivity contribution in [2.75, 3.05) is 6.54 Å². The van der Waals surface area contributed by atoms with Crippen molar-refractivity contribution >= 4 is 6.03 Å². The second-order valence-corrected chi connectivity index (χ2v) is 9.66. The molecule has 2 unspecified atom stereocenters. The van der Waals surface area contributed by atoms with Crippen LogP contribution < -0.4 is 10.6 Å². The molecule has 0 saturated carbocycles. The van der Waals surface area contributed by atoms with Gasteiger partial charge in [-0.25, -0.2) is 0 Å². The van der Waals surface area contributed by atoms with Crippen molar-refractivity contribution in [1.29, 1.82) is 0 Å². The van der Waals surface area contributed by atoms with Crippen molar-refractivity contribution in [3.05, 3.63) is 0 Å². The van der Waals surface area contributed by atoms with Gasteiger partial charge in [0.15, 0.2) is 0 Å². The second kappa shape index (κ2) is 19.6. The molecule has 2 amide bonds. The first-order valence-corrected chi connectivity index (χ1v) is 13.0. The molecule has 26 heavy (non-hydrogen) atoms. The van der Waals surface area contributed by atoms with Crippen LogP contribution >= 0.6 is 0 Å². The number of urea groups is 1. The number of hydrogen-bond acceptors (Lipinski definition) is 1. The third-order valence-electron chi connectivity index (χ3n) is 5.09. The number of carbonyl (C=O) groups excluding carboxylic acids is 1. The molecule has 0 aromatic carbocycles. The van der Waals surface area contributed by atoms with Crippen LogP contribution in [-0.4, -0.2) is 18.6 Å².